The van der Waals surface area contributed by atoms with Crippen LogP contribution in [0.4, 0.5) is 0 Å². The van der Waals surface area contributed by atoms with Crippen LogP contribution in [0, 0.1) is 0 Å². The molecule has 0 aliphatic carbocycles. The molecule has 1 aliphatic rings. The van der Waals surface area contributed by atoms with Gasteiger partial charge in [0.25, 0.3) is 5.56 Å². The second-order valence-corrected chi connectivity index (χ2v) is 8.10. The Balaban J connectivity index is 1.57. The number of rotatable bonds is 7. The second kappa shape index (κ2) is 9.62. The van der Waals surface area contributed by atoms with Gasteiger partial charge in [0.05, 0.1) is 39.5 Å². The summed E-state index contributed by atoms with van der Waals surface area (Å²) < 4.78 is 17.9. The molecule has 1 saturated heterocycles. The number of methoxy groups -OCH3 is 2. The molecular formula is C24H26N6O4. The lowest BCUT2D eigenvalue weighted by molar-refractivity contribution is 0.0214. The molecule has 1 fully saturated rings. The van der Waals surface area contributed by atoms with Gasteiger partial charge >= 0.3 is 0 Å². The van der Waals surface area contributed by atoms with Crippen LogP contribution in [0.2, 0.25) is 0 Å². The van der Waals surface area contributed by atoms with E-state index in [1.807, 2.05) is 48.5 Å². The summed E-state index contributed by atoms with van der Waals surface area (Å²) >= 11 is 0. The van der Waals surface area contributed by atoms with Crippen LogP contribution in [0.25, 0.3) is 10.9 Å². The van der Waals surface area contributed by atoms with E-state index in [2.05, 4.69) is 25.4 Å². The molecule has 1 aliphatic heterocycles. The van der Waals surface area contributed by atoms with Gasteiger partial charge in [-0.1, -0.05) is 12.1 Å². The number of tetrazole rings is 1. The molecule has 0 saturated carbocycles. The van der Waals surface area contributed by atoms with E-state index < -0.39 is 6.04 Å². The monoisotopic (exact) mass is 462 g/mol. The van der Waals surface area contributed by atoms with E-state index >= 15 is 0 Å². The first-order valence-electron chi connectivity index (χ1n) is 11.1. The van der Waals surface area contributed by atoms with Crippen LogP contribution in [0.15, 0.2) is 53.3 Å². The van der Waals surface area contributed by atoms with E-state index in [1.165, 1.54) is 0 Å². The third kappa shape index (κ3) is 4.37. The molecule has 5 rings (SSSR count). The summed E-state index contributed by atoms with van der Waals surface area (Å²) in [4.78, 5) is 18.5. The van der Waals surface area contributed by atoms with E-state index in [0.717, 1.165) is 16.7 Å². The van der Waals surface area contributed by atoms with Crippen molar-refractivity contribution in [2.75, 3.05) is 40.5 Å². The van der Waals surface area contributed by atoms with Crippen molar-refractivity contribution in [1.29, 1.82) is 0 Å². The Bertz CT molecular complexity index is 1330. The lowest BCUT2D eigenvalue weighted by Crippen LogP contribution is -2.42. The highest BCUT2D eigenvalue weighted by atomic mass is 16.5. The maximum atomic E-state index is 13.3. The van der Waals surface area contributed by atoms with Gasteiger partial charge in [0.2, 0.25) is 0 Å². The summed E-state index contributed by atoms with van der Waals surface area (Å²) in [5, 5.41) is 13.5. The first kappa shape index (κ1) is 22.1. The quantitative estimate of drug-likeness (QED) is 0.444. The van der Waals surface area contributed by atoms with E-state index in [4.69, 9.17) is 14.2 Å². The van der Waals surface area contributed by atoms with E-state index in [9.17, 15) is 4.79 Å². The summed E-state index contributed by atoms with van der Waals surface area (Å²) in [5.41, 5.74) is 2.14. The highest BCUT2D eigenvalue weighted by Gasteiger charge is 2.31. The number of hydrogen-bond donors (Lipinski definition) is 1. The third-order valence-corrected chi connectivity index (χ3v) is 6.08. The van der Waals surface area contributed by atoms with Gasteiger partial charge in [0.15, 0.2) is 5.82 Å². The highest BCUT2D eigenvalue weighted by Crippen LogP contribution is 2.28. The van der Waals surface area contributed by atoms with Gasteiger partial charge in [0.1, 0.15) is 17.5 Å². The molecule has 0 amide bonds. The molecule has 10 nitrogen and oxygen atoms in total. The summed E-state index contributed by atoms with van der Waals surface area (Å²) in [6, 6.07) is 14.9. The number of fused-ring (bicyclic) bond motifs is 1. The fourth-order valence-electron chi connectivity index (χ4n) is 4.29. The molecule has 4 aromatic rings. The maximum absolute atomic E-state index is 13.3. The van der Waals surface area contributed by atoms with E-state index in [1.54, 1.807) is 18.9 Å². The van der Waals surface area contributed by atoms with Gasteiger partial charge in [-0.3, -0.25) is 9.69 Å². The van der Waals surface area contributed by atoms with Gasteiger partial charge in [-0.15, -0.1) is 5.10 Å². The molecule has 2 aromatic heterocycles. The lowest BCUT2D eigenvalue weighted by Gasteiger charge is -2.33. The van der Waals surface area contributed by atoms with Gasteiger partial charge < -0.3 is 19.2 Å². The molecule has 176 valence electrons. The Labute approximate surface area is 196 Å². The minimum atomic E-state index is -0.424. The van der Waals surface area contributed by atoms with Crippen molar-refractivity contribution >= 4 is 10.9 Å². The lowest BCUT2D eigenvalue weighted by atomic mass is 10.0. The number of benzene rings is 2. The predicted molar refractivity (Wildman–Crippen MR) is 125 cm³/mol. The Morgan fingerprint density at radius 1 is 1.03 bits per heavy atom. The Morgan fingerprint density at radius 2 is 1.76 bits per heavy atom. The zero-order valence-electron chi connectivity index (χ0n) is 19.1. The first-order valence-corrected chi connectivity index (χ1v) is 11.1. The van der Waals surface area contributed by atoms with Crippen LogP contribution in [-0.2, 0) is 11.3 Å². The summed E-state index contributed by atoms with van der Waals surface area (Å²) in [7, 11) is 3.24. The van der Waals surface area contributed by atoms with Gasteiger partial charge in [0, 0.05) is 24.7 Å². The Hall–Kier alpha value is -3.76. The number of H-pyrrole nitrogens is 1. The molecule has 2 aromatic carbocycles. The molecule has 3 heterocycles. The number of pyridine rings is 1. The number of morpholine rings is 1. The standard InChI is InChI=1S/C24H26N6O4/c1-32-18-6-3-16(4-7-18)15-30-23(26-27-28-30)22(29-9-11-34-12-10-29)20-13-17-5-8-19(33-2)14-21(17)25-24(20)31/h3-8,13-14,22H,9-12,15H2,1-2H3,(H,25,31). The van der Waals surface area contributed by atoms with Crippen LogP contribution in [0.1, 0.15) is 23.0 Å². The molecule has 10 heteroatoms. The third-order valence-electron chi connectivity index (χ3n) is 6.08. The average molecular weight is 463 g/mol. The van der Waals surface area contributed by atoms with Crippen LogP contribution >= 0.6 is 0 Å². The molecule has 1 N–H and O–H groups in total. The Morgan fingerprint density at radius 3 is 2.50 bits per heavy atom. The molecule has 34 heavy (non-hydrogen) atoms. The molecule has 1 unspecified atom stereocenters. The largest absolute Gasteiger partial charge is 0.497 e. The second-order valence-electron chi connectivity index (χ2n) is 8.10. The average Bonchev–Trinajstić information content (AvgIpc) is 3.33. The summed E-state index contributed by atoms with van der Waals surface area (Å²) in [5.74, 6) is 2.08. The first-order chi connectivity index (χ1) is 16.7. The van der Waals surface area contributed by atoms with Crippen molar-refractivity contribution in [2.24, 2.45) is 0 Å². The van der Waals surface area contributed by atoms with Crippen molar-refractivity contribution in [3.05, 3.63) is 75.8 Å². The molecule has 1 atom stereocenters. The van der Waals surface area contributed by atoms with E-state index in [0.29, 0.717) is 55.5 Å². The van der Waals surface area contributed by atoms with Crippen LogP contribution in [0.5, 0.6) is 11.5 Å². The molecule has 0 spiro atoms. The topological polar surface area (TPSA) is 107 Å². The van der Waals surface area contributed by atoms with Crippen molar-refractivity contribution in [3.8, 4) is 11.5 Å². The van der Waals surface area contributed by atoms with Crippen molar-refractivity contribution < 1.29 is 14.2 Å². The van der Waals surface area contributed by atoms with Crippen LogP contribution in [0.3, 0.4) is 0 Å². The van der Waals surface area contributed by atoms with E-state index in [-0.39, 0.29) is 5.56 Å². The summed E-state index contributed by atoms with van der Waals surface area (Å²) in [6.45, 7) is 2.97. The van der Waals surface area contributed by atoms with Gasteiger partial charge in [-0.25, -0.2) is 4.68 Å². The number of hydrogen-bond acceptors (Lipinski definition) is 8. The Kier molecular flexibility index (Phi) is 6.24. The number of aromatic amines is 1. The van der Waals surface area contributed by atoms with Crippen LogP contribution in [-0.4, -0.2) is 70.6 Å². The molecule has 0 bridgehead atoms. The number of aromatic nitrogens is 5. The normalized spacial score (nSPS) is 15.4. The van der Waals surface area contributed by atoms with Crippen molar-refractivity contribution in [1.82, 2.24) is 30.1 Å². The number of ether oxygens (including phenoxy) is 3. The number of nitrogens with zero attached hydrogens (tertiary/aromatic N) is 5. The number of nitrogens with one attached hydrogen (secondary N) is 1. The zero-order chi connectivity index (χ0) is 23.5. The van der Waals surface area contributed by atoms with Gasteiger partial charge in [-0.2, -0.15) is 0 Å². The molecular weight excluding hydrogens is 436 g/mol. The minimum Gasteiger partial charge on any atom is -0.497 e. The van der Waals surface area contributed by atoms with Gasteiger partial charge in [-0.05, 0) is 51.7 Å². The predicted octanol–water partition coefficient (Wildman–Crippen LogP) is 2.00. The van der Waals surface area contributed by atoms with Crippen molar-refractivity contribution in [2.45, 2.75) is 12.6 Å². The van der Waals surface area contributed by atoms with Crippen molar-refractivity contribution in [3.63, 3.8) is 0 Å². The zero-order valence-corrected chi connectivity index (χ0v) is 19.1. The molecule has 0 radical (unpaired) electrons. The van der Waals surface area contributed by atoms with Crippen LogP contribution < -0.4 is 15.0 Å². The summed E-state index contributed by atoms with van der Waals surface area (Å²) in [6.07, 6.45) is 0. The smallest absolute Gasteiger partial charge is 0.253 e. The SMILES string of the molecule is COc1ccc(Cn2nnnc2C(c2cc3ccc(OC)cc3[nH]c2=O)N2CCOCC2)cc1. The fourth-order valence-corrected chi connectivity index (χ4v) is 4.29. The maximum Gasteiger partial charge on any atom is 0.253 e. The minimum absolute atomic E-state index is 0.184. The highest BCUT2D eigenvalue weighted by molar-refractivity contribution is 5.80. The fraction of sp³-hybridized carbons (Fsp3) is 0.333.